The Balaban J connectivity index is 2.84. The lowest BCUT2D eigenvalue weighted by molar-refractivity contribution is -0.00166. The Bertz CT molecular complexity index is 281. The molecule has 0 fully saturated rings. The lowest BCUT2D eigenvalue weighted by atomic mass is 10.1. The second kappa shape index (κ2) is 4.87. The zero-order valence-electron chi connectivity index (χ0n) is 9.04. The zero-order chi connectivity index (χ0) is 10.6. The van der Waals surface area contributed by atoms with E-state index in [0.29, 0.717) is 6.54 Å². The molecule has 0 spiro atoms. The molecule has 0 aliphatic carbocycles. The molecule has 0 amide bonds. The van der Waals surface area contributed by atoms with Crippen molar-refractivity contribution in [3.8, 4) is 0 Å². The highest BCUT2D eigenvalue weighted by atomic mass is 32.1. The van der Waals surface area contributed by atoms with Crippen molar-refractivity contribution in [2.24, 2.45) is 5.73 Å². The molecule has 1 unspecified atom stereocenters. The van der Waals surface area contributed by atoms with Gasteiger partial charge in [0.1, 0.15) is 10.6 Å². The summed E-state index contributed by atoms with van der Waals surface area (Å²) in [5.74, 6) is 0. The summed E-state index contributed by atoms with van der Waals surface area (Å²) in [5, 5.41) is 3.11. The van der Waals surface area contributed by atoms with Gasteiger partial charge >= 0.3 is 0 Å². The van der Waals surface area contributed by atoms with Crippen molar-refractivity contribution in [3.05, 3.63) is 16.1 Å². The summed E-state index contributed by atoms with van der Waals surface area (Å²) in [6, 6.07) is 0. The third-order valence-electron chi connectivity index (χ3n) is 2.53. The average Bonchev–Trinajstić information content (AvgIpc) is 2.66. The summed E-state index contributed by atoms with van der Waals surface area (Å²) >= 11 is 1.65. The molecule has 3 nitrogen and oxygen atoms in total. The van der Waals surface area contributed by atoms with Crippen molar-refractivity contribution < 1.29 is 4.74 Å². The van der Waals surface area contributed by atoms with Gasteiger partial charge < -0.3 is 10.5 Å². The van der Waals surface area contributed by atoms with Gasteiger partial charge in [0, 0.05) is 18.9 Å². The number of nitrogens with zero attached hydrogens (tertiary/aromatic N) is 1. The Morgan fingerprint density at radius 3 is 2.86 bits per heavy atom. The number of ether oxygens (including phenoxy) is 1. The van der Waals surface area contributed by atoms with Crippen LogP contribution < -0.4 is 5.73 Å². The molecule has 0 saturated carbocycles. The topological polar surface area (TPSA) is 48.1 Å². The summed E-state index contributed by atoms with van der Waals surface area (Å²) < 4.78 is 5.48. The normalized spacial score (nSPS) is 15.4. The van der Waals surface area contributed by atoms with Crippen LogP contribution in [0.1, 0.15) is 31.0 Å². The lowest BCUT2D eigenvalue weighted by Crippen LogP contribution is -2.23. The maximum atomic E-state index is 5.48. The van der Waals surface area contributed by atoms with E-state index >= 15 is 0 Å². The van der Waals surface area contributed by atoms with Gasteiger partial charge in [-0.15, -0.1) is 11.3 Å². The second-order valence-corrected chi connectivity index (χ2v) is 4.33. The van der Waals surface area contributed by atoms with E-state index in [2.05, 4.69) is 24.2 Å². The van der Waals surface area contributed by atoms with Crippen LogP contribution in [0.25, 0.3) is 0 Å². The van der Waals surface area contributed by atoms with E-state index in [9.17, 15) is 0 Å². The Morgan fingerprint density at radius 1 is 1.64 bits per heavy atom. The standard InChI is InChI=1S/C10H18N2OS/c1-4-10(2,13-3)9-12-8(5-6-11)7-14-9/h7H,4-6,11H2,1-3H3. The van der Waals surface area contributed by atoms with Crippen LogP contribution in [0.2, 0.25) is 0 Å². The van der Waals surface area contributed by atoms with E-state index in [0.717, 1.165) is 23.5 Å². The first-order valence-corrected chi connectivity index (χ1v) is 5.74. The van der Waals surface area contributed by atoms with Crippen LogP contribution in [0.5, 0.6) is 0 Å². The van der Waals surface area contributed by atoms with Gasteiger partial charge in [-0.2, -0.15) is 0 Å². The van der Waals surface area contributed by atoms with E-state index in [1.165, 1.54) is 0 Å². The Kier molecular flexibility index (Phi) is 4.04. The maximum Gasteiger partial charge on any atom is 0.125 e. The summed E-state index contributed by atoms with van der Waals surface area (Å²) in [6.07, 6.45) is 1.78. The summed E-state index contributed by atoms with van der Waals surface area (Å²) in [5.41, 5.74) is 6.31. The van der Waals surface area contributed by atoms with Gasteiger partial charge in [-0.1, -0.05) is 6.92 Å². The summed E-state index contributed by atoms with van der Waals surface area (Å²) in [7, 11) is 1.73. The van der Waals surface area contributed by atoms with Crippen molar-refractivity contribution in [1.82, 2.24) is 4.98 Å². The smallest absolute Gasteiger partial charge is 0.125 e. The van der Waals surface area contributed by atoms with Crippen LogP contribution in [-0.4, -0.2) is 18.6 Å². The molecule has 1 rings (SSSR count). The number of thiazole rings is 1. The van der Waals surface area contributed by atoms with Gasteiger partial charge in [-0.3, -0.25) is 0 Å². The quantitative estimate of drug-likeness (QED) is 0.814. The Morgan fingerprint density at radius 2 is 2.36 bits per heavy atom. The van der Waals surface area contributed by atoms with Crippen LogP contribution in [0.4, 0.5) is 0 Å². The molecule has 1 aromatic rings. The molecule has 1 aromatic heterocycles. The molecule has 2 N–H and O–H groups in total. The van der Waals surface area contributed by atoms with Crippen molar-refractivity contribution in [2.75, 3.05) is 13.7 Å². The highest BCUT2D eigenvalue weighted by molar-refractivity contribution is 7.09. The van der Waals surface area contributed by atoms with Gasteiger partial charge in [0.15, 0.2) is 0 Å². The largest absolute Gasteiger partial charge is 0.371 e. The monoisotopic (exact) mass is 214 g/mol. The molecule has 0 radical (unpaired) electrons. The van der Waals surface area contributed by atoms with E-state index in [1.807, 2.05) is 0 Å². The third-order valence-corrected chi connectivity index (χ3v) is 3.67. The Labute approximate surface area is 89.3 Å². The van der Waals surface area contributed by atoms with Crippen LogP contribution in [0.15, 0.2) is 5.38 Å². The fourth-order valence-corrected chi connectivity index (χ4v) is 2.26. The maximum absolute atomic E-state index is 5.48. The first-order chi connectivity index (χ1) is 6.66. The highest BCUT2D eigenvalue weighted by Gasteiger charge is 2.27. The molecular formula is C10H18N2OS. The SMILES string of the molecule is CCC(C)(OC)c1nc(CCN)cs1. The van der Waals surface area contributed by atoms with Crippen molar-refractivity contribution in [3.63, 3.8) is 0 Å². The van der Waals surface area contributed by atoms with Gasteiger partial charge in [0.05, 0.1) is 5.69 Å². The molecule has 14 heavy (non-hydrogen) atoms. The second-order valence-electron chi connectivity index (χ2n) is 3.47. The first-order valence-electron chi connectivity index (χ1n) is 4.86. The highest BCUT2D eigenvalue weighted by Crippen LogP contribution is 2.30. The minimum absolute atomic E-state index is 0.239. The first kappa shape index (κ1) is 11.6. The Hall–Kier alpha value is -0.450. The number of methoxy groups -OCH3 is 1. The zero-order valence-corrected chi connectivity index (χ0v) is 9.86. The molecule has 0 aliphatic heterocycles. The van der Waals surface area contributed by atoms with E-state index in [1.54, 1.807) is 18.4 Å². The molecule has 0 aromatic carbocycles. The van der Waals surface area contributed by atoms with Crippen LogP contribution in [0.3, 0.4) is 0 Å². The van der Waals surface area contributed by atoms with E-state index in [4.69, 9.17) is 10.5 Å². The minimum atomic E-state index is -0.239. The van der Waals surface area contributed by atoms with Gasteiger partial charge in [0.25, 0.3) is 0 Å². The summed E-state index contributed by atoms with van der Waals surface area (Å²) in [6.45, 7) is 4.82. The number of hydrogen-bond donors (Lipinski definition) is 1. The number of aromatic nitrogens is 1. The number of nitrogens with two attached hydrogens (primary N) is 1. The fraction of sp³-hybridized carbons (Fsp3) is 0.700. The molecule has 0 saturated heterocycles. The number of rotatable bonds is 5. The van der Waals surface area contributed by atoms with Gasteiger partial charge in [-0.05, 0) is 19.9 Å². The predicted molar refractivity (Wildman–Crippen MR) is 59.5 cm³/mol. The van der Waals surface area contributed by atoms with E-state index in [-0.39, 0.29) is 5.60 Å². The minimum Gasteiger partial charge on any atom is -0.371 e. The van der Waals surface area contributed by atoms with Crippen molar-refractivity contribution in [2.45, 2.75) is 32.3 Å². The van der Waals surface area contributed by atoms with Crippen LogP contribution in [0, 0.1) is 0 Å². The molecule has 1 heterocycles. The lowest BCUT2D eigenvalue weighted by Gasteiger charge is -2.23. The number of hydrogen-bond acceptors (Lipinski definition) is 4. The van der Waals surface area contributed by atoms with Crippen LogP contribution >= 0.6 is 11.3 Å². The van der Waals surface area contributed by atoms with Crippen molar-refractivity contribution in [1.29, 1.82) is 0 Å². The van der Waals surface area contributed by atoms with E-state index < -0.39 is 0 Å². The van der Waals surface area contributed by atoms with Crippen LogP contribution in [-0.2, 0) is 16.8 Å². The van der Waals surface area contributed by atoms with Gasteiger partial charge in [-0.25, -0.2) is 4.98 Å². The molecule has 0 bridgehead atoms. The third kappa shape index (κ3) is 2.32. The molecule has 80 valence electrons. The molecule has 0 aliphatic rings. The van der Waals surface area contributed by atoms with Crippen molar-refractivity contribution >= 4 is 11.3 Å². The predicted octanol–water partition coefficient (Wildman–Crippen LogP) is 1.92. The fourth-order valence-electron chi connectivity index (χ4n) is 1.20. The van der Waals surface area contributed by atoms with Gasteiger partial charge in [0.2, 0.25) is 0 Å². The molecular weight excluding hydrogens is 196 g/mol. The molecule has 4 heteroatoms. The molecule has 1 atom stereocenters. The average molecular weight is 214 g/mol. The summed E-state index contributed by atoms with van der Waals surface area (Å²) in [4.78, 5) is 4.53.